The average molecular weight is 544 g/mol. The van der Waals surface area contributed by atoms with Gasteiger partial charge in [0.15, 0.2) is 0 Å². The molecule has 0 N–H and O–H groups in total. The van der Waals surface area contributed by atoms with Gasteiger partial charge in [0.2, 0.25) is 10.0 Å². The third-order valence-electron chi connectivity index (χ3n) is 8.21. The fourth-order valence-corrected chi connectivity index (χ4v) is 7.86. The van der Waals surface area contributed by atoms with Crippen LogP contribution in [-0.2, 0) is 10.0 Å². The Bertz CT molecular complexity index is 1180. The van der Waals surface area contributed by atoms with Gasteiger partial charge in [-0.1, -0.05) is 6.42 Å². The highest BCUT2D eigenvalue weighted by molar-refractivity contribution is 7.89. The minimum atomic E-state index is -3.61. The van der Waals surface area contributed by atoms with Crippen LogP contribution in [0.4, 0.5) is 5.82 Å². The van der Waals surface area contributed by atoms with E-state index in [1.807, 2.05) is 6.07 Å². The number of nitrogens with zero attached hydrogens (tertiary/aromatic N) is 5. The number of likely N-dealkylation sites (tertiary alicyclic amines) is 1. The molecule has 0 atom stereocenters. The van der Waals surface area contributed by atoms with E-state index >= 15 is 0 Å². The molecule has 10 heteroatoms. The molecule has 1 aromatic heterocycles. The number of aryl methyl sites for hydroxylation is 2. The van der Waals surface area contributed by atoms with Crippen molar-refractivity contribution in [2.24, 2.45) is 5.92 Å². The summed E-state index contributed by atoms with van der Waals surface area (Å²) in [6.45, 7) is 9.94. The predicted octanol–water partition coefficient (Wildman–Crippen LogP) is 3.65. The number of ether oxygens (including phenoxy) is 2. The first-order chi connectivity index (χ1) is 18.3. The lowest BCUT2D eigenvalue weighted by Gasteiger charge is -2.38. The van der Waals surface area contributed by atoms with E-state index in [0.717, 1.165) is 24.8 Å². The number of benzene rings is 1. The van der Waals surface area contributed by atoms with Crippen LogP contribution in [0.25, 0.3) is 0 Å². The zero-order chi connectivity index (χ0) is 26.7. The molecule has 38 heavy (non-hydrogen) atoms. The first-order valence-electron chi connectivity index (χ1n) is 14.0. The van der Waals surface area contributed by atoms with Crippen LogP contribution < -0.4 is 14.4 Å². The quantitative estimate of drug-likeness (QED) is 0.474. The third-order valence-corrected chi connectivity index (χ3v) is 10.4. The molecule has 9 nitrogen and oxygen atoms in total. The molecule has 0 unspecified atom stereocenters. The van der Waals surface area contributed by atoms with Gasteiger partial charge in [-0.2, -0.15) is 9.29 Å². The summed E-state index contributed by atoms with van der Waals surface area (Å²) in [6, 6.07) is 5.76. The molecule has 3 saturated heterocycles. The molecule has 5 rings (SSSR count). The van der Waals surface area contributed by atoms with Crippen LogP contribution in [-0.4, -0.2) is 86.6 Å². The van der Waals surface area contributed by atoms with Crippen molar-refractivity contribution >= 4 is 15.8 Å². The lowest BCUT2D eigenvalue weighted by molar-refractivity contribution is 0.0676. The van der Waals surface area contributed by atoms with E-state index in [2.05, 4.69) is 19.8 Å². The Morgan fingerprint density at radius 3 is 2.34 bits per heavy atom. The Hall–Kier alpha value is -2.43. The molecule has 3 aliphatic heterocycles. The van der Waals surface area contributed by atoms with Crippen molar-refractivity contribution in [2.75, 3.05) is 57.8 Å². The zero-order valence-electron chi connectivity index (χ0n) is 22.9. The molecule has 0 bridgehead atoms. The summed E-state index contributed by atoms with van der Waals surface area (Å²) in [6.07, 6.45) is 9.24. The van der Waals surface area contributed by atoms with E-state index in [-0.39, 0.29) is 19.2 Å². The SMILES string of the molecule is COc1cc(C)c(S(=O)(=O)N2CC(Oc3nccc(N4CCC(CCN5CCCCC5)CC4)n3)C2)c(C)c1. The van der Waals surface area contributed by atoms with Crippen LogP contribution >= 0.6 is 0 Å². The van der Waals surface area contributed by atoms with Crippen molar-refractivity contribution in [1.82, 2.24) is 19.2 Å². The van der Waals surface area contributed by atoms with Crippen molar-refractivity contribution in [2.45, 2.75) is 63.4 Å². The third kappa shape index (κ3) is 6.07. The lowest BCUT2D eigenvalue weighted by Crippen LogP contribution is -2.56. The maximum Gasteiger partial charge on any atom is 0.318 e. The Morgan fingerprint density at radius 1 is 1.00 bits per heavy atom. The molecule has 0 spiro atoms. The topological polar surface area (TPSA) is 88.1 Å². The normalized spacial score (nSPS) is 20.3. The van der Waals surface area contributed by atoms with Gasteiger partial charge in [-0.3, -0.25) is 0 Å². The van der Waals surface area contributed by atoms with E-state index in [4.69, 9.17) is 9.47 Å². The second-order valence-corrected chi connectivity index (χ2v) is 12.8. The Morgan fingerprint density at radius 2 is 1.68 bits per heavy atom. The lowest BCUT2D eigenvalue weighted by atomic mass is 9.93. The second-order valence-electron chi connectivity index (χ2n) is 11.0. The van der Waals surface area contributed by atoms with Crippen molar-refractivity contribution in [3.8, 4) is 11.8 Å². The number of rotatable bonds is 9. The molecule has 3 fully saturated rings. The highest BCUT2D eigenvalue weighted by atomic mass is 32.2. The summed E-state index contributed by atoms with van der Waals surface area (Å²) >= 11 is 0. The number of hydrogen-bond donors (Lipinski definition) is 0. The molecule has 3 aliphatic rings. The molecule has 4 heterocycles. The van der Waals surface area contributed by atoms with Gasteiger partial charge in [-0.15, -0.1) is 0 Å². The van der Waals surface area contributed by atoms with Crippen molar-refractivity contribution in [3.63, 3.8) is 0 Å². The van der Waals surface area contributed by atoms with Gasteiger partial charge < -0.3 is 19.3 Å². The van der Waals surface area contributed by atoms with Gasteiger partial charge in [0.05, 0.1) is 25.1 Å². The first-order valence-corrected chi connectivity index (χ1v) is 15.4. The molecule has 2 aromatic rings. The maximum absolute atomic E-state index is 13.3. The van der Waals surface area contributed by atoms with Crippen molar-refractivity contribution in [1.29, 1.82) is 0 Å². The van der Waals surface area contributed by atoms with Crippen LogP contribution in [0.2, 0.25) is 0 Å². The number of aromatic nitrogens is 2. The summed E-state index contributed by atoms with van der Waals surface area (Å²) in [5, 5.41) is 0. The minimum Gasteiger partial charge on any atom is -0.497 e. The summed E-state index contributed by atoms with van der Waals surface area (Å²) < 4.78 is 39.2. The average Bonchev–Trinajstić information content (AvgIpc) is 2.89. The molecule has 0 saturated carbocycles. The number of anilines is 1. The van der Waals surface area contributed by atoms with Crippen LogP contribution in [0.15, 0.2) is 29.3 Å². The summed E-state index contributed by atoms with van der Waals surface area (Å²) in [5.74, 6) is 2.33. The molecule has 0 radical (unpaired) electrons. The van der Waals surface area contributed by atoms with Gasteiger partial charge in [0.1, 0.15) is 17.7 Å². The summed E-state index contributed by atoms with van der Waals surface area (Å²) in [7, 11) is -2.03. The summed E-state index contributed by atoms with van der Waals surface area (Å²) in [4.78, 5) is 14.3. The van der Waals surface area contributed by atoms with E-state index < -0.39 is 10.0 Å². The molecule has 1 aromatic carbocycles. The Kier molecular flexibility index (Phi) is 8.40. The standard InChI is InChI=1S/C28H41N5O4S/c1-21-17-24(36-3)18-22(2)27(21)38(34,35)33-19-25(20-33)37-28-29-11-7-26(30-28)32-15-9-23(10-16-32)8-14-31-12-5-4-6-13-31/h7,11,17-18,23,25H,4-6,8-10,12-16,19-20H2,1-3H3. The molecule has 0 aliphatic carbocycles. The van der Waals surface area contributed by atoms with E-state index in [9.17, 15) is 8.42 Å². The van der Waals surface area contributed by atoms with Crippen molar-refractivity contribution < 1.29 is 17.9 Å². The predicted molar refractivity (Wildman–Crippen MR) is 148 cm³/mol. The van der Waals surface area contributed by atoms with Gasteiger partial charge in [-0.05, 0) is 101 Å². The fraction of sp³-hybridized carbons (Fsp3) is 0.643. The van der Waals surface area contributed by atoms with Gasteiger partial charge in [-0.25, -0.2) is 13.4 Å². The Labute approximate surface area is 227 Å². The highest BCUT2D eigenvalue weighted by Crippen LogP contribution is 2.31. The van der Waals surface area contributed by atoms with Gasteiger partial charge in [0.25, 0.3) is 0 Å². The Balaban J connectivity index is 1.11. The first kappa shape index (κ1) is 27.1. The van der Waals surface area contributed by atoms with Crippen LogP contribution in [0.5, 0.6) is 11.8 Å². The van der Waals surface area contributed by atoms with Crippen molar-refractivity contribution in [3.05, 3.63) is 35.5 Å². The van der Waals surface area contributed by atoms with Gasteiger partial charge >= 0.3 is 6.01 Å². The molecular weight excluding hydrogens is 502 g/mol. The van der Waals surface area contributed by atoms with Crippen LogP contribution in [0.1, 0.15) is 49.7 Å². The molecular formula is C28H41N5O4S. The smallest absolute Gasteiger partial charge is 0.318 e. The molecule has 0 amide bonds. The van der Waals surface area contributed by atoms with E-state index in [1.54, 1.807) is 39.3 Å². The summed E-state index contributed by atoms with van der Waals surface area (Å²) in [5.41, 5.74) is 1.36. The largest absolute Gasteiger partial charge is 0.497 e. The number of piperidine rings is 2. The number of hydrogen-bond acceptors (Lipinski definition) is 8. The number of sulfonamides is 1. The minimum absolute atomic E-state index is 0.264. The van der Waals surface area contributed by atoms with E-state index in [1.165, 1.54) is 62.5 Å². The zero-order valence-corrected chi connectivity index (χ0v) is 23.8. The van der Waals surface area contributed by atoms with Gasteiger partial charge in [0, 0.05) is 19.3 Å². The monoisotopic (exact) mass is 543 g/mol. The van der Waals surface area contributed by atoms with E-state index in [0.29, 0.717) is 27.8 Å². The second kappa shape index (κ2) is 11.8. The van der Waals surface area contributed by atoms with Crippen LogP contribution in [0, 0.1) is 19.8 Å². The molecule has 208 valence electrons. The van der Waals surface area contributed by atoms with Crippen LogP contribution in [0.3, 0.4) is 0 Å². The highest BCUT2D eigenvalue weighted by Gasteiger charge is 2.40. The maximum atomic E-state index is 13.3. The fourth-order valence-electron chi connectivity index (χ4n) is 5.95. The number of methoxy groups -OCH3 is 1.